The largest absolute Gasteiger partial charge is 0.496 e. The van der Waals surface area contributed by atoms with Crippen LogP contribution in [0.25, 0.3) is 0 Å². The van der Waals surface area contributed by atoms with Crippen molar-refractivity contribution in [1.82, 2.24) is 0 Å². The average molecular weight is 223 g/mol. The molecule has 0 aliphatic rings. The van der Waals surface area contributed by atoms with Crippen molar-refractivity contribution in [2.45, 2.75) is 12.8 Å². The Labute approximate surface area is 95.0 Å². The third kappa shape index (κ3) is 3.55. The van der Waals surface area contributed by atoms with Gasteiger partial charge in [0.05, 0.1) is 7.11 Å². The van der Waals surface area contributed by atoms with Crippen LogP contribution in [0.2, 0.25) is 0 Å². The highest BCUT2D eigenvalue weighted by atomic mass is 16.5. The molecule has 88 valence electrons. The molecule has 0 aliphatic heterocycles. The lowest BCUT2D eigenvalue weighted by Crippen LogP contribution is -2.20. The third-order valence-corrected chi connectivity index (χ3v) is 2.50. The summed E-state index contributed by atoms with van der Waals surface area (Å²) in [7, 11) is 1.60. The van der Waals surface area contributed by atoms with Gasteiger partial charge in [-0.05, 0) is 30.5 Å². The van der Waals surface area contributed by atoms with Crippen LogP contribution in [0.5, 0.6) is 5.75 Å². The molecule has 0 spiro atoms. The van der Waals surface area contributed by atoms with Gasteiger partial charge in [-0.2, -0.15) is 0 Å². The number of benzene rings is 1. The lowest BCUT2D eigenvalue weighted by molar-refractivity contribution is -0.138. The first kappa shape index (κ1) is 12.5. The average Bonchev–Trinajstić information content (AvgIpc) is 2.28. The fraction of sp³-hybridized carbons (Fsp3) is 0.417. The van der Waals surface area contributed by atoms with Crippen molar-refractivity contribution < 1.29 is 14.6 Å². The molecule has 3 N–H and O–H groups in total. The van der Waals surface area contributed by atoms with Crippen LogP contribution in [-0.4, -0.2) is 24.7 Å². The minimum absolute atomic E-state index is 0.0474. The number of carboxylic acid groups (broad SMARTS) is 1. The molecule has 0 aliphatic carbocycles. The van der Waals surface area contributed by atoms with Gasteiger partial charge in [0, 0.05) is 6.42 Å². The highest BCUT2D eigenvalue weighted by Gasteiger charge is 2.14. The molecule has 0 saturated heterocycles. The Bertz CT molecular complexity index is 352. The Hall–Kier alpha value is -1.55. The molecular formula is C12H17NO3. The predicted octanol–water partition coefficient (Wildman–Crippen LogP) is 1.29. The Morgan fingerprint density at radius 3 is 2.75 bits per heavy atom. The monoisotopic (exact) mass is 223 g/mol. The summed E-state index contributed by atoms with van der Waals surface area (Å²) < 4.78 is 5.21. The Kier molecular flexibility index (Phi) is 4.79. The topological polar surface area (TPSA) is 72.5 Å². The zero-order chi connectivity index (χ0) is 12.0. The van der Waals surface area contributed by atoms with E-state index in [4.69, 9.17) is 15.6 Å². The fourth-order valence-corrected chi connectivity index (χ4v) is 1.67. The van der Waals surface area contributed by atoms with E-state index >= 15 is 0 Å². The third-order valence-electron chi connectivity index (χ3n) is 2.50. The van der Waals surface area contributed by atoms with Crippen molar-refractivity contribution in [1.29, 1.82) is 0 Å². The smallest absolute Gasteiger partial charge is 0.303 e. The summed E-state index contributed by atoms with van der Waals surface area (Å²) in [5, 5.41) is 8.73. The van der Waals surface area contributed by atoms with E-state index in [1.165, 1.54) is 0 Å². The molecular weight excluding hydrogens is 206 g/mol. The van der Waals surface area contributed by atoms with Crippen molar-refractivity contribution >= 4 is 5.97 Å². The van der Waals surface area contributed by atoms with Gasteiger partial charge in [-0.3, -0.25) is 4.79 Å². The molecule has 0 amide bonds. The Balaban J connectivity index is 2.73. The van der Waals surface area contributed by atoms with E-state index in [9.17, 15) is 4.79 Å². The number of aliphatic carboxylic acids is 1. The number of hydrogen-bond acceptors (Lipinski definition) is 3. The number of hydrogen-bond donors (Lipinski definition) is 2. The molecule has 0 radical (unpaired) electrons. The molecule has 0 aromatic heterocycles. The summed E-state index contributed by atoms with van der Waals surface area (Å²) in [6.07, 6.45) is 0.724. The molecule has 0 heterocycles. The second kappa shape index (κ2) is 6.12. The fourth-order valence-electron chi connectivity index (χ4n) is 1.67. The van der Waals surface area contributed by atoms with Gasteiger partial charge in [-0.25, -0.2) is 0 Å². The quantitative estimate of drug-likeness (QED) is 0.762. The van der Waals surface area contributed by atoms with Gasteiger partial charge in [-0.15, -0.1) is 0 Å². The van der Waals surface area contributed by atoms with Gasteiger partial charge >= 0.3 is 5.97 Å². The van der Waals surface area contributed by atoms with E-state index in [-0.39, 0.29) is 12.3 Å². The SMILES string of the molecule is COc1ccccc1CC(CN)CC(=O)O. The second-order valence-corrected chi connectivity index (χ2v) is 3.72. The molecule has 1 aromatic rings. The first-order chi connectivity index (χ1) is 7.67. The van der Waals surface area contributed by atoms with E-state index in [2.05, 4.69) is 0 Å². The van der Waals surface area contributed by atoms with Crippen LogP contribution in [-0.2, 0) is 11.2 Å². The van der Waals surface area contributed by atoms with Gasteiger partial charge in [0.15, 0.2) is 0 Å². The van der Waals surface area contributed by atoms with E-state index in [1.54, 1.807) is 7.11 Å². The van der Waals surface area contributed by atoms with Crippen LogP contribution in [0.3, 0.4) is 0 Å². The van der Waals surface area contributed by atoms with Crippen LogP contribution < -0.4 is 10.5 Å². The molecule has 1 rings (SSSR count). The summed E-state index contributed by atoms with van der Waals surface area (Å²) in [4.78, 5) is 10.6. The van der Waals surface area contributed by atoms with Gasteiger partial charge in [0.2, 0.25) is 0 Å². The van der Waals surface area contributed by atoms with Gasteiger partial charge in [-0.1, -0.05) is 18.2 Å². The zero-order valence-electron chi connectivity index (χ0n) is 9.35. The minimum atomic E-state index is -0.814. The number of nitrogens with two attached hydrogens (primary N) is 1. The molecule has 0 fully saturated rings. The summed E-state index contributed by atoms with van der Waals surface area (Å²) in [6.45, 7) is 0.365. The number of carbonyl (C=O) groups is 1. The molecule has 1 unspecified atom stereocenters. The molecule has 1 atom stereocenters. The number of rotatable bonds is 6. The maximum absolute atomic E-state index is 10.6. The van der Waals surface area contributed by atoms with Crippen molar-refractivity contribution in [2.24, 2.45) is 11.7 Å². The van der Waals surface area contributed by atoms with E-state index in [0.717, 1.165) is 11.3 Å². The van der Waals surface area contributed by atoms with Crippen molar-refractivity contribution in [3.8, 4) is 5.75 Å². The van der Waals surface area contributed by atoms with Crippen LogP contribution in [0, 0.1) is 5.92 Å². The molecule has 16 heavy (non-hydrogen) atoms. The van der Waals surface area contributed by atoms with Crippen LogP contribution in [0.15, 0.2) is 24.3 Å². The molecule has 0 bridgehead atoms. The summed E-state index contributed by atoms with van der Waals surface area (Å²) in [6, 6.07) is 7.59. The Morgan fingerprint density at radius 2 is 2.19 bits per heavy atom. The summed E-state index contributed by atoms with van der Waals surface area (Å²) in [5.74, 6) is -0.0783. The lowest BCUT2D eigenvalue weighted by Gasteiger charge is -2.14. The normalized spacial score (nSPS) is 12.1. The minimum Gasteiger partial charge on any atom is -0.496 e. The number of ether oxygens (including phenoxy) is 1. The summed E-state index contributed by atoms with van der Waals surface area (Å²) in [5.41, 5.74) is 6.56. The van der Waals surface area contributed by atoms with Crippen LogP contribution in [0.4, 0.5) is 0 Å². The van der Waals surface area contributed by atoms with E-state index in [1.807, 2.05) is 24.3 Å². The first-order valence-electron chi connectivity index (χ1n) is 5.21. The first-order valence-corrected chi connectivity index (χ1v) is 5.21. The molecule has 4 nitrogen and oxygen atoms in total. The number of methoxy groups -OCH3 is 1. The van der Waals surface area contributed by atoms with E-state index in [0.29, 0.717) is 13.0 Å². The number of carboxylic acids is 1. The van der Waals surface area contributed by atoms with Crippen molar-refractivity contribution in [3.05, 3.63) is 29.8 Å². The number of para-hydroxylation sites is 1. The summed E-state index contributed by atoms with van der Waals surface area (Å²) >= 11 is 0. The lowest BCUT2D eigenvalue weighted by atomic mass is 9.96. The molecule has 4 heteroatoms. The molecule has 1 aromatic carbocycles. The van der Waals surface area contributed by atoms with E-state index < -0.39 is 5.97 Å². The molecule has 0 saturated carbocycles. The second-order valence-electron chi connectivity index (χ2n) is 3.72. The maximum atomic E-state index is 10.6. The van der Waals surface area contributed by atoms with Crippen LogP contribution >= 0.6 is 0 Å². The van der Waals surface area contributed by atoms with Crippen molar-refractivity contribution in [2.75, 3.05) is 13.7 Å². The van der Waals surface area contributed by atoms with Crippen LogP contribution in [0.1, 0.15) is 12.0 Å². The highest BCUT2D eigenvalue weighted by molar-refractivity contribution is 5.67. The standard InChI is InChI=1S/C12H17NO3/c1-16-11-5-3-2-4-10(11)6-9(8-13)7-12(14)15/h2-5,9H,6-8,13H2,1H3,(H,14,15). The Morgan fingerprint density at radius 1 is 1.50 bits per heavy atom. The van der Waals surface area contributed by atoms with Gasteiger partial charge < -0.3 is 15.6 Å². The van der Waals surface area contributed by atoms with Gasteiger partial charge in [0.1, 0.15) is 5.75 Å². The zero-order valence-corrected chi connectivity index (χ0v) is 9.35. The van der Waals surface area contributed by atoms with Gasteiger partial charge in [0.25, 0.3) is 0 Å². The maximum Gasteiger partial charge on any atom is 0.303 e. The van der Waals surface area contributed by atoms with Crippen molar-refractivity contribution in [3.63, 3.8) is 0 Å². The predicted molar refractivity (Wildman–Crippen MR) is 61.5 cm³/mol. The highest BCUT2D eigenvalue weighted by Crippen LogP contribution is 2.21.